The minimum absolute atomic E-state index is 0.0103. The summed E-state index contributed by atoms with van der Waals surface area (Å²) in [5.41, 5.74) is -0.612. The molecule has 0 aliphatic carbocycles. The van der Waals surface area contributed by atoms with E-state index in [1.165, 1.54) is 12.1 Å². The molecule has 0 bridgehead atoms. The van der Waals surface area contributed by atoms with Gasteiger partial charge in [0.2, 0.25) is 5.91 Å². The molecule has 1 aromatic carbocycles. The lowest BCUT2D eigenvalue weighted by Crippen LogP contribution is -2.12. The number of hydrogen-bond acceptors (Lipinski definition) is 4. The molecular formula is C12H14N2O5. The van der Waals surface area contributed by atoms with Crippen LogP contribution in [0, 0.1) is 10.1 Å². The first-order valence-electron chi connectivity index (χ1n) is 5.77. The normalized spacial score (nSPS) is 9.95. The van der Waals surface area contributed by atoms with E-state index in [9.17, 15) is 19.7 Å². The number of aromatic carboxylic acids is 1. The Hall–Kier alpha value is -2.44. The molecule has 0 aliphatic rings. The van der Waals surface area contributed by atoms with Crippen molar-refractivity contribution < 1.29 is 19.6 Å². The SMILES string of the molecule is CCCCC(=O)Nc1ccc(C(=O)O)cc1[N+](=O)[O-]. The minimum Gasteiger partial charge on any atom is -0.478 e. The Morgan fingerprint density at radius 1 is 1.42 bits per heavy atom. The van der Waals surface area contributed by atoms with E-state index < -0.39 is 16.6 Å². The predicted octanol–water partition coefficient (Wildman–Crippen LogP) is 2.42. The highest BCUT2D eigenvalue weighted by atomic mass is 16.6. The molecule has 1 rings (SSSR count). The fourth-order valence-electron chi connectivity index (χ4n) is 1.47. The van der Waals surface area contributed by atoms with Crippen molar-refractivity contribution in [2.24, 2.45) is 0 Å². The molecule has 0 saturated heterocycles. The summed E-state index contributed by atoms with van der Waals surface area (Å²) in [6, 6.07) is 3.37. The number of nitrogens with zero attached hydrogens (tertiary/aromatic N) is 1. The molecular weight excluding hydrogens is 252 g/mol. The fraction of sp³-hybridized carbons (Fsp3) is 0.333. The summed E-state index contributed by atoms with van der Waals surface area (Å²) in [5, 5.41) is 22.0. The molecule has 19 heavy (non-hydrogen) atoms. The molecule has 7 nitrogen and oxygen atoms in total. The van der Waals surface area contributed by atoms with E-state index in [0.29, 0.717) is 6.42 Å². The van der Waals surface area contributed by atoms with Gasteiger partial charge in [-0.3, -0.25) is 14.9 Å². The zero-order valence-electron chi connectivity index (χ0n) is 10.4. The van der Waals surface area contributed by atoms with Crippen molar-refractivity contribution in [2.45, 2.75) is 26.2 Å². The fourth-order valence-corrected chi connectivity index (χ4v) is 1.47. The standard InChI is InChI=1S/C12H14N2O5/c1-2-3-4-11(15)13-9-6-5-8(12(16)17)7-10(9)14(18)19/h5-7H,2-4H2,1H3,(H,13,15)(H,16,17). The number of nitro benzene ring substituents is 1. The number of hydrogen-bond donors (Lipinski definition) is 2. The van der Waals surface area contributed by atoms with Crippen LogP contribution in [-0.4, -0.2) is 21.9 Å². The highest BCUT2D eigenvalue weighted by molar-refractivity contribution is 5.95. The molecule has 1 amide bonds. The molecule has 0 atom stereocenters. The van der Waals surface area contributed by atoms with Gasteiger partial charge in [-0.25, -0.2) is 4.79 Å². The van der Waals surface area contributed by atoms with Crippen molar-refractivity contribution in [3.63, 3.8) is 0 Å². The van der Waals surface area contributed by atoms with Gasteiger partial charge in [0, 0.05) is 12.5 Å². The van der Waals surface area contributed by atoms with Crippen LogP contribution in [0.2, 0.25) is 0 Å². The summed E-state index contributed by atoms with van der Waals surface area (Å²) >= 11 is 0. The average molecular weight is 266 g/mol. The number of benzene rings is 1. The van der Waals surface area contributed by atoms with Crippen LogP contribution >= 0.6 is 0 Å². The molecule has 0 spiro atoms. The third kappa shape index (κ3) is 4.06. The molecule has 0 saturated carbocycles. The topological polar surface area (TPSA) is 110 Å². The first kappa shape index (κ1) is 14.6. The number of unbranched alkanes of at least 4 members (excludes halogenated alkanes) is 1. The highest BCUT2D eigenvalue weighted by Crippen LogP contribution is 2.25. The maximum absolute atomic E-state index is 11.5. The number of carboxylic acids is 1. The Kier molecular flexibility index (Phi) is 4.99. The monoisotopic (exact) mass is 266 g/mol. The van der Waals surface area contributed by atoms with Gasteiger partial charge in [-0.15, -0.1) is 0 Å². The maximum atomic E-state index is 11.5. The van der Waals surface area contributed by atoms with Gasteiger partial charge in [0.1, 0.15) is 5.69 Å². The number of rotatable bonds is 6. The van der Waals surface area contributed by atoms with Crippen molar-refractivity contribution in [3.8, 4) is 0 Å². The average Bonchev–Trinajstić information content (AvgIpc) is 2.36. The second-order valence-corrected chi connectivity index (χ2v) is 3.95. The number of nitrogens with one attached hydrogen (secondary N) is 1. The van der Waals surface area contributed by atoms with Crippen molar-refractivity contribution in [1.82, 2.24) is 0 Å². The molecule has 0 fully saturated rings. The first-order valence-corrected chi connectivity index (χ1v) is 5.77. The Labute approximate surface area is 109 Å². The zero-order chi connectivity index (χ0) is 14.4. The minimum atomic E-state index is -1.26. The predicted molar refractivity (Wildman–Crippen MR) is 68.2 cm³/mol. The van der Waals surface area contributed by atoms with E-state index in [4.69, 9.17) is 5.11 Å². The number of carbonyl (C=O) groups is 2. The lowest BCUT2D eigenvalue weighted by atomic mass is 10.1. The van der Waals surface area contributed by atoms with E-state index in [0.717, 1.165) is 12.5 Å². The summed E-state index contributed by atoms with van der Waals surface area (Å²) in [5.74, 6) is -1.58. The molecule has 0 aliphatic heterocycles. The van der Waals surface area contributed by atoms with Gasteiger partial charge in [0.25, 0.3) is 5.69 Å². The molecule has 0 heterocycles. The lowest BCUT2D eigenvalue weighted by molar-refractivity contribution is -0.384. The molecule has 7 heteroatoms. The Morgan fingerprint density at radius 3 is 2.63 bits per heavy atom. The van der Waals surface area contributed by atoms with Crippen LogP contribution < -0.4 is 5.32 Å². The number of anilines is 1. The summed E-state index contributed by atoms with van der Waals surface area (Å²) in [7, 11) is 0. The van der Waals surface area contributed by atoms with E-state index in [-0.39, 0.29) is 23.6 Å². The van der Waals surface area contributed by atoms with E-state index in [1.807, 2.05) is 6.92 Å². The molecule has 0 radical (unpaired) electrons. The van der Waals surface area contributed by atoms with Gasteiger partial charge in [-0.2, -0.15) is 0 Å². The Balaban J connectivity index is 2.97. The Morgan fingerprint density at radius 2 is 2.11 bits per heavy atom. The summed E-state index contributed by atoms with van der Waals surface area (Å²) in [4.78, 5) is 32.4. The van der Waals surface area contributed by atoms with Gasteiger partial charge >= 0.3 is 5.97 Å². The van der Waals surface area contributed by atoms with Crippen molar-refractivity contribution in [1.29, 1.82) is 0 Å². The third-order valence-electron chi connectivity index (χ3n) is 2.47. The number of amides is 1. The van der Waals surface area contributed by atoms with Crippen molar-refractivity contribution in [3.05, 3.63) is 33.9 Å². The first-order chi connectivity index (χ1) is 8.95. The summed E-state index contributed by atoms with van der Waals surface area (Å²) < 4.78 is 0. The maximum Gasteiger partial charge on any atom is 0.335 e. The lowest BCUT2D eigenvalue weighted by Gasteiger charge is -2.06. The van der Waals surface area contributed by atoms with Gasteiger partial charge in [0.15, 0.2) is 0 Å². The van der Waals surface area contributed by atoms with Gasteiger partial charge in [-0.05, 0) is 18.6 Å². The third-order valence-corrected chi connectivity index (χ3v) is 2.47. The zero-order valence-corrected chi connectivity index (χ0v) is 10.4. The quantitative estimate of drug-likeness (QED) is 0.607. The number of carboxylic acid groups (broad SMARTS) is 1. The summed E-state index contributed by atoms with van der Waals surface area (Å²) in [6.45, 7) is 1.93. The molecule has 0 unspecified atom stereocenters. The van der Waals surface area contributed by atoms with Crippen LogP contribution in [0.25, 0.3) is 0 Å². The summed E-state index contributed by atoms with van der Waals surface area (Å²) in [6.07, 6.45) is 1.80. The highest BCUT2D eigenvalue weighted by Gasteiger charge is 2.18. The van der Waals surface area contributed by atoms with E-state index in [2.05, 4.69) is 5.32 Å². The molecule has 2 N–H and O–H groups in total. The van der Waals surface area contributed by atoms with Gasteiger partial charge in [-0.1, -0.05) is 13.3 Å². The molecule has 0 aromatic heterocycles. The molecule has 1 aromatic rings. The largest absolute Gasteiger partial charge is 0.478 e. The van der Waals surface area contributed by atoms with E-state index in [1.54, 1.807) is 0 Å². The smallest absolute Gasteiger partial charge is 0.335 e. The van der Waals surface area contributed by atoms with Crippen LogP contribution in [0.15, 0.2) is 18.2 Å². The van der Waals surface area contributed by atoms with Gasteiger partial charge < -0.3 is 10.4 Å². The number of carbonyl (C=O) groups excluding carboxylic acids is 1. The molecule has 102 valence electrons. The number of nitro groups is 1. The van der Waals surface area contributed by atoms with Crippen molar-refractivity contribution >= 4 is 23.3 Å². The van der Waals surface area contributed by atoms with Crippen LogP contribution in [-0.2, 0) is 4.79 Å². The van der Waals surface area contributed by atoms with Gasteiger partial charge in [0.05, 0.1) is 10.5 Å². The second-order valence-electron chi connectivity index (χ2n) is 3.95. The van der Waals surface area contributed by atoms with E-state index >= 15 is 0 Å². The van der Waals surface area contributed by atoms with Crippen LogP contribution in [0.3, 0.4) is 0 Å². The van der Waals surface area contributed by atoms with Crippen molar-refractivity contribution in [2.75, 3.05) is 5.32 Å². The van der Waals surface area contributed by atoms with Crippen LogP contribution in [0.5, 0.6) is 0 Å². The van der Waals surface area contributed by atoms with Crippen LogP contribution in [0.4, 0.5) is 11.4 Å². The second kappa shape index (κ2) is 6.48. The van der Waals surface area contributed by atoms with Crippen LogP contribution in [0.1, 0.15) is 36.5 Å². The Bertz CT molecular complexity index is 513.